The fraction of sp³-hybridized carbons (Fsp3) is 0.375. The molecule has 0 unspecified atom stereocenters. The second-order valence-corrected chi connectivity index (χ2v) is 5.87. The summed E-state index contributed by atoms with van der Waals surface area (Å²) in [4.78, 5) is 19.1. The van der Waals surface area contributed by atoms with E-state index in [0.717, 1.165) is 5.69 Å². The third-order valence-corrected chi connectivity index (χ3v) is 4.43. The summed E-state index contributed by atoms with van der Waals surface area (Å²) in [6.07, 6.45) is 1.56. The van der Waals surface area contributed by atoms with Gasteiger partial charge in [-0.05, 0) is 12.1 Å². The van der Waals surface area contributed by atoms with Crippen LogP contribution < -0.4 is 0 Å². The molecule has 0 radical (unpaired) electrons. The van der Waals surface area contributed by atoms with Crippen molar-refractivity contribution < 1.29 is 13.9 Å². The Labute approximate surface area is 137 Å². The summed E-state index contributed by atoms with van der Waals surface area (Å²) >= 11 is 0. The van der Waals surface area contributed by atoms with Gasteiger partial charge in [0.1, 0.15) is 5.52 Å². The normalized spacial score (nSPS) is 20.8. The Morgan fingerprint density at radius 1 is 1.42 bits per heavy atom. The zero-order chi connectivity index (χ0) is 16.7. The minimum Gasteiger partial charge on any atom is -0.441 e. The van der Waals surface area contributed by atoms with Crippen molar-refractivity contribution in [2.24, 2.45) is 0 Å². The Balaban J connectivity index is 1.65. The third kappa shape index (κ3) is 2.35. The number of methoxy groups -OCH3 is 1. The summed E-state index contributed by atoms with van der Waals surface area (Å²) in [5.74, 6) is 0.458. The van der Waals surface area contributed by atoms with Crippen LogP contribution in [0.5, 0.6) is 0 Å². The smallest absolute Gasteiger partial charge is 0.256 e. The Kier molecular flexibility index (Phi) is 3.53. The van der Waals surface area contributed by atoms with Crippen molar-refractivity contribution in [1.82, 2.24) is 25.3 Å². The molecule has 1 N–H and O–H groups in total. The first-order chi connectivity index (χ1) is 11.7. The first-order valence-electron chi connectivity index (χ1n) is 7.71. The Hall–Kier alpha value is -2.74. The van der Waals surface area contributed by atoms with E-state index < -0.39 is 0 Å². The standard InChI is InChI=1S/C16H17N5O3/c1-9-18-15-10(4-3-5-13(15)24-9)16(22)21-7-11(14(8-21)23-2)12-6-17-20-19-12/h3-6,11,14H,7-8H2,1-2H3,(H,17,19,20)/t11-,14+/m0/s1. The van der Waals surface area contributed by atoms with Crippen LogP contribution in [0.3, 0.4) is 0 Å². The zero-order valence-corrected chi connectivity index (χ0v) is 13.4. The number of para-hydroxylation sites is 1. The number of carbonyl (C=O) groups excluding carboxylic acids is 1. The maximum Gasteiger partial charge on any atom is 0.256 e. The van der Waals surface area contributed by atoms with E-state index in [0.29, 0.717) is 35.6 Å². The minimum absolute atomic E-state index is 0.00375. The molecular weight excluding hydrogens is 310 g/mol. The average molecular weight is 327 g/mol. The van der Waals surface area contributed by atoms with Gasteiger partial charge >= 0.3 is 0 Å². The lowest BCUT2D eigenvalue weighted by Gasteiger charge is -2.16. The fourth-order valence-electron chi connectivity index (χ4n) is 3.25. The molecule has 8 nitrogen and oxygen atoms in total. The number of rotatable bonds is 3. The van der Waals surface area contributed by atoms with Crippen molar-refractivity contribution in [3.05, 3.63) is 41.5 Å². The number of H-pyrrole nitrogens is 1. The summed E-state index contributed by atoms with van der Waals surface area (Å²) < 4.78 is 11.1. The molecule has 0 saturated carbocycles. The highest BCUT2D eigenvalue weighted by Gasteiger charge is 2.38. The molecule has 24 heavy (non-hydrogen) atoms. The molecule has 1 amide bonds. The van der Waals surface area contributed by atoms with Crippen molar-refractivity contribution >= 4 is 17.0 Å². The van der Waals surface area contributed by atoms with Crippen molar-refractivity contribution in [1.29, 1.82) is 0 Å². The number of nitrogens with one attached hydrogen (secondary N) is 1. The molecule has 0 bridgehead atoms. The highest BCUT2D eigenvalue weighted by molar-refractivity contribution is 6.04. The van der Waals surface area contributed by atoms with Crippen LogP contribution >= 0.6 is 0 Å². The SMILES string of the molecule is CO[C@@H]1CN(C(=O)c2cccc3oc(C)nc23)C[C@H]1c1cn[nH]n1. The maximum atomic E-state index is 13.0. The van der Waals surface area contributed by atoms with Crippen molar-refractivity contribution in [3.8, 4) is 0 Å². The number of hydrogen-bond acceptors (Lipinski definition) is 6. The number of amides is 1. The average Bonchev–Trinajstić information content (AvgIpc) is 3.30. The van der Waals surface area contributed by atoms with Gasteiger partial charge in [0.05, 0.1) is 29.5 Å². The van der Waals surface area contributed by atoms with E-state index in [1.165, 1.54) is 0 Å². The number of aryl methyl sites for hydroxylation is 1. The highest BCUT2D eigenvalue weighted by atomic mass is 16.5. The summed E-state index contributed by atoms with van der Waals surface area (Å²) in [6.45, 7) is 2.79. The molecule has 8 heteroatoms. The van der Waals surface area contributed by atoms with E-state index in [2.05, 4.69) is 20.4 Å². The Bertz CT molecular complexity index is 873. The highest BCUT2D eigenvalue weighted by Crippen LogP contribution is 2.30. The quantitative estimate of drug-likeness (QED) is 0.783. The summed E-state index contributed by atoms with van der Waals surface area (Å²) in [5.41, 5.74) is 2.56. The van der Waals surface area contributed by atoms with Gasteiger partial charge in [0, 0.05) is 27.1 Å². The molecule has 1 aliphatic rings. The molecule has 1 fully saturated rings. The topological polar surface area (TPSA) is 97.1 Å². The molecule has 0 spiro atoms. The van der Waals surface area contributed by atoms with E-state index in [1.807, 2.05) is 6.07 Å². The van der Waals surface area contributed by atoms with E-state index in [-0.39, 0.29) is 17.9 Å². The Morgan fingerprint density at radius 3 is 3.04 bits per heavy atom. The number of likely N-dealkylation sites (tertiary alicyclic amines) is 1. The number of oxazole rings is 1. The van der Waals surface area contributed by atoms with Gasteiger partial charge in [-0.3, -0.25) is 4.79 Å². The van der Waals surface area contributed by atoms with Gasteiger partial charge in [0.25, 0.3) is 5.91 Å². The molecule has 1 aliphatic heterocycles. The second kappa shape index (κ2) is 5.72. The lowest BCUT2D eigenvalue weighted by Crippen LogP contribution is -2.30. The lowest BCUT2D eigenvalue weighted by atomic mass is 10.0. The van der Waals surface area contributed by atoms with Crippen molar-refractivity contribution in [2.75, 3.05) is 20.2 Å². The lowest BCUT2D eigenvalue weighted by molar-refractivity contribution is 0.0715. The fourth-order valence-corrected chi connectivity index (χ4v) is 3.25. The van der Waals surface area contributed by atoms with Gasteiger partial charge in [0.15, 0.2) is 11.5 Å². The summed E-state index contributed by atoms with van der Waals surface area (Å²) in [6, 6.07) is 5.39. The van der Waals surface area contributed by atoms with E-state index in [1.54, 1.807) is 37.3 Å². The van der Waals surface area contributed by atoms with E-state index in [9.17, 15) is 4.79 Å². The molecule has 0 aliphatic carbocycles. The molecule has 4 rings (SSSR count). The van der Waals surface area contributed by atoms with Crippen LogP contribution in [-0.2, 0) is 4.74 Å². The number of aromatic amines is 1. The number of nitrogens with zero attached hydrogens (tertiary/aromatic N) is 4. The molecule has 3 aromatic rings. The van der Waals surface area contributed by atoms with Crippen molar-refractivity contribution in [2.45, 2.75) is 18.9 Å². The summed E-state index contributed by atoms with van der Waals surface area (Å²) in [7, 11) is 1.65. The van der Waals surface area contributed by atoms with Gasteiger partial charge in [-0.25, -0.2) is 4.98 Å². The Morgan fingerprint density at radius 2 is 2.29 bits per heavy atom. The largest absolute Gasteiger partial charge is 0.441 e. The van der Waals surface area contributed by atoms with Gasteiger partial charge in [0.2, 0.25) is 0 Å². The van der Waals surface area contributed by atoms with E-state index >= 15 is 0 Å². The molecule has 3 heterocycles. The molecule has 124 valence electrons. The molecule has 2 atom stereocenters. The molecular formula is C16H17N5O3. The molecule has 2 aromatic heterocycles. The van der Waals surface area contributed by atoms with Crippen LogP contribution in [-0.4, -0.2) is 57.5 Å². The van der Waals surface area contributed by atoms with Crippen LogP contribution in [0, 0.1) is 6.92 Å². The van der Waals surface area contributed by atoms with Crippen LogP contribution in [0.25, 0.3) is 11.1 Å². The minimum atomic E-state index is -0.114. The number of carbonyl (C=O) groups is 1. The molecule has 1 saturated heterocycles. The van der Waals surface area contributed by atoms with Crippen LogP contribution in [0.1, 0.15) is 27.9 Å². The third-order valence-electron chi connectivity index (χ3n) is 4.43. The summed E-state index contributed by atoms with van der Waals surface area (Å²) in [5, 5.41) is 10.6. The van der Waals surface area contributed by atoms with E-state index in [4.69, 9.17) is 9.15 Å². The zero-order valence-electron chi connectivity index (χ0n) is 13.4. The number of benzene rings is 1. The van der Waals surface area contributed by atoms with Crippen molar-refractivity contribution in [3.63, 3.8) is 0 Å². The van der Waals surface area contributed by atoms with Gasteiger partial charge in [-0.2, -0.15) is 15.4 Å². The van der Waals surface area contributed by atoms with Crippen LogP contribution in [0.4, 0.5) is 0 Å². The first-order valence-corrected chi connectivity index (χ1v) is 7.71. The number of aromatic nitrogens is 4. The predicted molar refractivity (Wildman–Crippen MR) is 84.6 cm³/mol. The van der Waals surface area contributed by atoms with Gasteiger partial charge in [-0.15, -0.1) is 0 Å². The number of ether oxygens (including phenoxy) is 1. The van der Waals surface area contributed by atoms with Crippen LogP contribution in [0.15, 0.2) is 28.8 Å². The van der Waals surface area contributed by atoms with Gasteiger partial charge < -0.3 is 14.1 Å². The number of hydrogen-bond donors (Lipinski definition) is 1. The van der Waals surface area contributed by atoms with Crippen LogP contribution in [0.2, 0.25) is 0 Å². The monoisotopic (exact) mass is 327 g/mol. The predicted octanol–water partition coefficient (Wildman–Crippen LogP) is 1.51. The molecule has 1 aromatic carbocycles. The van der Waals surface area contributed by atoms with Gasteiger partial charge in [-0.1, -0.05) is 6.07 Å². The first kappa shape index (κ1) is 14.8. The number of fused-ring (bicyclic) bond motifs is 1. The second-order valence-electron chi connectivity index (χ2n) is 5.87. The maximum absolute atomic E-state index is 13.0.